The highest BCUT2D eigenvalue weighted by Gasteiger charge is 2.23. The summed E-state index contributed by atoms with van der Waals surface area (Å²) in [5.74, 6) is 2.40. The number of ether oxygens (including phenoxy) is 1. The summed E-state index contributed by atoms with van der Waals surface area (Å²) in [6.45, 7) is 9.82. The van der Waals surface area contributed by atoms with E-state index in [1.54, 1.807) is 15.9 Å². The summed E-state index contributed by atoms with van der Waals surface area (Å²) >= 11 is 3.08. The van der Waals surface area contributed by atoms with Gasteiger partial charge in [0.15, 0.2) is 11.0 Å². The minimum Gasteiger partial charge on any atom is -0.376 e. The molecule has 9 heteroatoms. The molecule has 1 atom stereocenters. The van der Waals surface area contributed by atoms with Gasteiger partial charge in [-0.3, -0.25) is 9.36 Å². The van der Waals surface area contributed by atoms with Gasteiger partial charge in [-0.05, 0) is 44.1 Å². The molecule has 0 bridgehead atoms. The molecular weight excluding hydrogens is 432 g/mol. The third-order valence-corrected chi connectivity index (χ3v) is 7.62. The van der Waals surface area contributed by atoms with Crippen LogP contribution in [0.15, 0.2) is 14.5 Å². The Morgan fingerprint density at radius 3 is 2.87 bits per heavy atom. The molecule has 4 heterocycles. The Balaban J connectivity index is 1.61. The fourth-order valence-electron chi connectivity index (χ4n) is 3.91. The van der Waals surface area contributed by atoms with Gasteiger partial charge >= 0.3 is 0 Å². The van der Waals surface area contributed by atoms with Gasteiger partial charge in [-0.2, -0.15) is 4.98 Å². The molecule has 0 N–H and O–H groups in total. The van der Waals surface area contributed by atoms with Gasteiger partial charge in [-0.1, -0.05) is 37.7 Å². The molecule has 168 valence electrons. The highest BCUT2D eigenvalue weighted by atomic mass is 32.2. The lowest BCUT2D eigenvalue weighted by Gasteiger charge is -2.15. The third kappa shape index (κ3) is 5.04. The van der Waals surface area contributed by atoms with Crippen molar-refractivity contribution in [3.05, 3.63) is 32.5 Å². The van der Waals surface area contributed by atoms with Crippen molar-refractivity contribution in [2.24, 2.45) is 5.92 Å². The minimum atomic E-state index is 0.0346. The Hall–Kier alpha value is -1.71. The summed E-state index contributed by atoms with van der Waals surface area (Å²) in [6.07, 6.45) is 4.75. The van der Waals surface area contributed by atoms with Crippen LogP contribution in [0.25, 0.3) is 10.2 Å². The molecule has 3 aromatic heterocycles. The van der Waals surface area contributed by atoms with Crippen molar-refractivity contribution in [2.75, 3.05) is 6.61 Å². The van der Waals surface area contributed by atoms with Crippen LogP contribution in [0.4, 0.5) is 0 Å². The summed E-state index contributed by atoms with van der Waals surface area (Å²) in [4.78, 5) is 24.9. The molecule has 1 fully saturated rings. The molecule has 0 aromatic carbocycles. The molecule has 0 amide bonds. The van der Waals surface area contributed by atoms with E-state index in [0.29, 0.717) is 29.3 Å². The van der Waals surface area contributed by atoms with Crippen LogP contribution in [0.3, 0.4) is 0 Å². The number of thioether (sulfide) groups is 1. The first-order chi connectivity index (χ1) is 15.0. The molecule has 1 aliphatic rings. The Morgan fingerprint density at radius 1 is 1.32 bits per heavy atom. The molecule has 1 saturated heterocycles. The van der Waals surface area contributed by atoms with E-state index < -0.39 is 0 Å². The molecule has 0 saturated carbocycles. The summed E-state index contributed by atoms with van der Waals surface area (Å²) in [5, 5.41) is 5.55. The first kappa shape index (κ1) is 22.5. The zero-order valence-electron chi connectivity index (χ0n) is 18.6. The number of thiophene rings is 1. The SMILES string of the molecule is CCc1c(C)sc2nc(SCc3nc(CCC(C)C)no3)n(CC3CCCO3)c(=O)c12. The van der Waals surface area contributed by atoms with Gasteiger partial charge in [0.25, 0.3) is 5.56 Å². The number of hydrogen-bond acceptors (Lipinski definition) is 8. The highest BCUT2D eigenvalue weighted by molar-refractivity contribution is 7.98. The third-order valence-electron chi connectivity index (χ3n) is 5.62. The van der Waals surface area contributed by atoms with Gasteiger partial charge < -0.3 is 9.26 Å². The van der Waals surface area contributed by atoms with Crippen LogP contribution in [0, 0.1) is 12.8 Å². The number of rotatable bonds is 9. The molecule has 7 nitrogen and oxygen atoms in total. The van der Waals surface area contributed by atoms with Crippen molar-refractivity contribution in [1.29, 1.82) is 0 Å². The van der Waals surface area contributed by atoms with Gasteiger partial charge in [0.1, 0.15) is 4.83 Å². The molecular formula is C22H30N4O3S2. The fourth-order valence-corrected chi connectivity index (χ4v) is 5.92. The van der Waals surface area contributed by atoms with E-state index in [9.17, 15) is 4.79 Å². The lowest BCUT2D eigenvalue weighted by atomic mass is 10.1. The average molecular weight is 463 g/mol. The van der Waals surface area contributed by atoms with E-state index in [1.165, 1.54) is 16.6 Å². The Kier molecular flexibility index (Phi) is 7.13. The normalized spacial score (nSPS) is 16.7. The van der Waals surface area contributed by atoms with Gasteiger partial charge in [0.2, 0.25) is 5.89 Å². The van der Waals surface area contributed by atoms with Crippen LogP contribution in [0.1, 0.15) is 62.2 Å². The van der Waals surface area contributed by atoms with Gasteiger partial charge in [-0.25, -0.2) is 4.98 Å². The predicted octanol–water partition coefficient (Wildman–Crippen LogP) is 4.77. The maximum absolute atomic E-state index is 13.5. The van der Waals surface area contributed by atoms with E-state index in [4.69, 9.17) is 14.2 Å². The number of aryl methyl sites for hydroxylation is 3. The second-order valence-corrected chi connectivity index (χ2v) is 10.6. The van der Waals surface area contributed by atoms with Crippen LogP contribution >= 0.6 is 23.1 Å². The van der Waals surface area contributed by atoms with Crippen LogP contribution in [-0.2, 0) is 29.9 Å². The lowest BCUT2D eigenvalue weighted by molar-refractivity contribution is 0.0937. The van der Waals surface area contributed by atoms with Crippen molar-refractivity contribution in [3.63, 3.8) is 0 Å². The summed E-state index contributed by atoms with van der Waals surface area (Å²) < 4.78 is 13.0. The van der Waals surface area contributed by atoms with Crippen molar-refractivity contribution >= 4 is 33.3 Å². The molecule has 0 spiro atoms. The Labute approximate surface area is 190 Å². The summed E-state index contributed by atoms with van der Waals surface area (Å²) in [7, 11) is 0. The smallest absolute Gasteiger partial charge is 0.263 e. The maximum atomic E-state index is 13.5. The van der Waals surface area contributed by atoms with Gasteiger partial charge in [0.05, 0.1) is 23.8 Å². The minimum absolute atomic E-state index is 0.0346. The van der Waals surface area contributed by atoms with Gasteiger partial charge in [0, 0.05) is 17.9 Å². The van der Waals surface area contributed by atoms with Crippen molar-refractivity contribution < 1.29 is 9.26 Å². The quantitative estimate of drug-likeness (QED) is 0.334. The van der Waals surface area contributed by atoms with Crippen LogP contribution in [-0.4, -0.2) is 32.4 Å². The molecule has 0 aliphatic carbocycles. The van der Waals surface area contributed by atoms with E-state index in [2.05, 4.69) is 37.8 Å². The average Bonchev–Trinajstić information content (AvgIpc) is 3.47. The standard InChI is InChI=1S/C22H30N4O3S2/c1-5-16-14(4)31-20-19(16)21(27)26(11-15-7-6-10-28-15)22(24-20)30-12-18-23-17(25-29-18)9-8-13(2)3/h13,15H,5-12H2,1-4H3. The lowest BCUT2D eigenvalue weighted by Crippen LogP contribution is -2.29. The Morgan fingerprint density at radius 2 is 2.16 bits per heavy atom. The molecule has 31 heavy (non-hydrogen) atoms. The molecule has 1 unspecified atom stereocenters. The second-order valence-electron chi connectivity index (χ2n) is 8.44. The van der Waals surface area contributed by atoms with Crippen LogP contribution < -0.4 is 5.56 Å². The van der Waals surface area contributed by atoms with Crippen molar-refractivity contribution in [2.45, 2.75) is 83.4 Å². The molecule has 3 aromatic rings. The monoisotopic (exact) mass is 462 g/mol. The van der Waals surface area contributed by atoms with Crippen molar-refractivity contribution in [1.82, 2.24) is 19.7 Å². The predicted molar refractivity (Wildman–Crippen MR) is 124 cm³/mol. The second kappa shape index (κ2) is 9.83. The van der Waals surface area contributed by atoms with E-state index in [0.717, 1.165) is 60.3 Å². The van der Waals surface area contributed by atoms with Crippen LogP contribution in [0.2, 0.25) is 0 Å². The van der Waals surface area contributed by atoms with Crippen LogP contribution in [0.5, 0.6) is 0 Å². The zero-order valence-corrected chi connectivity index (χ0v) is 20.3. The molecule has 0 radical (unpaired) electrons. The number of nitrogens with zero attached hydrogens (tertiary/aromatic N) is 4. The number of hydrogen-bond donors (Lipinski definition) is 0. The largest absolute Gasteiger partial charge is 0.376 e. The molecule has 4 rings (SSSR count). The first-order valence-corrected chi connectivity index (χ1v) is 12.8. The number of fused-ring (bicyclic) bond motifs is 1. The number of aromatic nitrogens is 4. The van der Waals surface area contributed by atoms with E-state index in [1.807, 2.05) is 0 Å². The highest BCUT2D eigenvalue weighted by Crippen LogP contribution is 2.31. The Bertz CT molecular complexity index is 1100. The molecule has 1 aliphatic heterocycles. The fraction of sp³-hybridized carbons (Fsp3) is 0.636. The van der Waals surface area contributed by atoms with Gasteiger partial charge in [-0.15, -0.1) is 11.3 Å². The van der Waals surface area contributed by atoms with E-state index >= 15 is 0 Å². The zero-order chi connectivity index (χ0) is 22.0. The summed E-state index contributed by atoms with van der Waals surface area (Å²) in [5.41, 5.74) is 1.15. The van der Waals surface area contributed by atoms with Crippen molar-refractivity contribution in [3.8, 4) is 0 Å². The maximum Gasteiger partial charge on any atom is 0.263 e. The first-order valence-electron chi connectivity index (χ1n) is 11.0. The summed E-state index contributed by atoms with van der Waals surface area (Å²) in [6, 6.07) is 0. The topological polar surface area (TPSA) is 83.0 Å². The van der Waals surface area contributed by atoms with E-state index in [-0.39, 0.29) is 11.7 Å².